The first kappa shape index (κ1) is 16.2. The van der Waals surface area contributed by atoms with Gasteiger partial charge in [0.15, 0.2) is 0 Å². The van der Waals surface area contributed by atoms with Gasteiger partial charge in [0.2, 0.25) is 0 Å². The minimum atomic E-state index is -0.0872. The fraction of sp³-hybridized carbons (Fsp3) is 0.412. The number of hydrogen-bond donors (Lipinski definition) is 0. The molecule has 0 radical (unpaired) electrons. The lowest BCUT2D eigenvalue weighted by Crippen LogP contribution is -2.45. The van der Waals surface area contributed by atoms with E-state index in [1.807, 2.05) is 12.1 Å². The van der Waals surface area contributed by atoms with Crippen LogP contribution in [0.25, 0.3) is 0 Å². The smallest absolute Gasteiger partial charge is 0.273 e. The van der Waals surface area contributed by atoms with Crippen molar-refractivity contribution in [3.63, 3.8) is 0 Å². The van der Waals surface area contributed by atoms with Crippen LogP contribution in [0.15, 0.2) is 43.5 Å². The van der Waals surface area contributed by atoms with Gasteiger partial charge in [0.25, 0.3) is 5.91 Å². The van der Waals surface area contributed by atoms with Crippen molar-refractivity contribution in [2.75, 3.05) is 51.2 Å². The van der Waals surface area contributed by atoms with E-state index in [0.29, 0.717) is 18.8 Å². The summed E-state index contributed by atoms with van der Waals surface area (Å²) in [7, 11) is 2.12. The number of pyridine rings is 1. The van der Waals surface area contributed by atoms with Crippen LogP contribution >= 0.6 is 0 Å². The lowest BCUT2D eigenvalue weighted by atomic mass is 10.2. The molecule has 22 heavy (non-hydrogen) atoms. The number of aromatic nitrogens is 1. The third-order valence-electron chi connectivity index (χ3n) is 3.77. The van der Waals surface area contributed by atoms with Crippen LogP contribution in [0, 0.1) is 0 Å². The lowest BCUT2D eigenvalue weighted by Gasteiger charge is -2.33. The van der Waals surface area contributed by atoms with Crippen molar-refractivity contribution in [3.05, 3.63) is 49.2 Å². The number of piperazine rings is 1. The number of likely N-dealkylation sites (N-methyl/N-ethyl adjacent to an activating group) is 1. The number of amides is 1. The molecule has 0 aliphatic carbocycles. The molecule has 5 nitrogen and oxygen atoms in total. The first-order valence-electron chi connectivity index (χ1n) is 7.57. The molecule has 1 amide bonds. The highest BCUT2D eigenvalue weighted by atomic mass is 16.2. The van der Waals surface area contributed by atoms with E-state index >= 15 is 0 Å². The van der Waals surface area contributed by atoms with Crippen LogP contribution in [0.4, 0.5) is 5.82 Å². The van der Waals surface area contributed by atoms with Crippen LogP contribution in [0.5, 0.6) is 0 Å². The predicted octanol–water partition coefficient (Wildman–Crippen LogP) is 1.65. The van der Waals surface area contributed by atoms with Gasteiger partial charge in [-0.2, -0.15) is 0 Å². The monoisotopic (exact) mass is 300 g/mol. The Labute approximate surface area is 132 Å². The summed E-state index contributed by atoms with van der Waals surface area (Å²) >= 11 is 0. The van der Waals surface area contributed by atoms with Gasteiger partial charge in [0.05, 0.1) is 0 Å². The van der Waals surface area contributed by atoms with Gasteiger partial charge in [0.1, 0.15) is 11.5 Å². The van der Waals surface area contributed by atoms with Gasteiger partial charge in [-0.1, -0.05) is 18.2 Å². The first-order chi connectivity index (χ1) is 10.7. The first-order valence-corrected chi connectivity index (χ1v) is 7.57. The minimum Gasteiger partial charge on any atom is -0.354 e. The van der Waals surface area contributed by atoms with Crippen LogP contribution in [0.3, 0.4) is 0 Å². The summed E-state index contributed by atoms with van der Waals surface area (Å²) in [5, 5.41) is 0. The molecule has 1 aliphatic rings. The molecule has 2 heterocycles. The van der Waals surface area contributed by atoms with Gasteiger partial charge in [-0.3, -0.25) is 4.79 Å². The largest absolute Gasteiger partial charge is 0.354 e. The number of carbonyl (C=O) groups is 1. The van der Waals surface area contributed by atoms with Crippen LogP contribution in [-0.2, 0) is 0 Å². The van der Waals surface area contributed by atoms with Crippen molar-refractivity contribution in [1.82, 2.24) is 14.8 Å². The Kier molecular flexibility index (Phi) is 5.72. The van der Waals surface area contributed by atoms with Crippen molar-refractivity contribution >= 4 is 11.7 Å². The van der Waals surface area contributed by atoms with Crippen molar-refractivity contribution in [2.45, 2.75) is 0 Å². The van der Waals surface area contributed by atoms with Gasteiger partial charge in [-0.25, -0.2) is 4.98 Å². The summed E-state index contributed by atoms with van der Waals surface area (Å²) in [5.74, 6) is 0.784. The molecule has 0 unspecified atom stereocenters. The Morgan fingerprint density at radius 1 is 1.23 bits per heavy atom. The maximum atomic E-state index is 12.6. The van der Waals surface area contributed by atoms with E-state index in [1.54, 1.807) is 23.1 Å². The Balaban J connectivity index is 2.14. The third kappa shape index (κ3) is 3.95. The SMILES string of the molecule is C=CCN(CC=C)C(=O)c1cccc(N2CCN(C)CC2)n1. The number of carbonyl (C=O) groups excluding carboxylic acids is 1. The molecule has 1 aliphatic heterocycles. The zero-order valence-electron chi connectivity index (χ0n) is 13.2. The van der Waals surface area contributed by atoms with E-state index in [9.17, 15) is 4.79 Å². The predicted molar refractivity (Wildman–Crippen MR) is 90.2 cm³/mol. The zero-order valence-corrected chi connectivity index (χ0v) is 13.2. The van der Waals surface area contributed by atoms with E-state index < -0.39 is 0 Å². The Bertz CT molecular complexity index is 525. The summed E-state index contributed by atoms with van der Waals surface area (Å²) in [4.78, 5) is 23.3. The summed E-state index contributed by atoms with van der Waals surface area (Å²) in [6.07, 6.45) is 3.43. The van der Waals surface area contributed by atoms with Gasteiger partial charge < -0.3 is 14.7 Å². The summed E-state index contributed by atoms with van der Waals surface area (Å²) in [5.41, 5.74) is 0.472. The van der Waals surface area contributed by atoms with Gasteiger partial charge in [0, 0.05) is 39.3 Å². The fourth-order valence-electron chi connectivity index (χ4n) is 2.47. The van der Waals surface area contributed by atoms with Gasteiger partial charge in [-0.05, 0) is 19.2 Å². The zero-order chi connectivity index (χ0) is 15.9. The van der Waals surface area contributed by atoms with E-state index in [4.69, 9.17) is 0 Å². The molecule has 1 fully saturated rings. The standard InChI is InChI=1S/C17H24N4O/c1-4-9-21(10-5-2)17(22)15-7-6-8-16(18-15)20-13-11-19(3)12-14-20/h4-8H,1-2,9-14H2,3H3. The molecular weight excluding hydrogens is 276 g/mol. The normalized spacial score (nSPS) is 15.4. The number of nitrogens with zero attached hydrogens (tertiary/aromatic N) is 4. The van der Waals surface area contributed by atoms with E-state index in [1.165, 1.54) is 0 Å². The van der Waals surface area contributed by atoms with Crippen LogP contribution in [-0.4, -0.2) is 67.0 Å². The fourth-order valence-corrected chi connectivity index (χ4v) is 2.47. The summed E-state index contributed by atoms with van der Waals surface area (Å²) in [6.45, 7) is 12.3. The molecule has 118 valence electrons. The molecule has 0 saturated carbocycles. The highest BCUT2D eigenvalue weighted by Crippen LogP contribution is 2.15. The van der Waals surface area contributed by atoms with E-state index in [0.717, 1.165) is 32.0 Å². The molecule has 1 aromatic heterocycles. The van der Waals surface area contributed by atoms with E-state index in [-0.39, 0.29) is 5.91 Å². The second-order valence-corrected chi connectivity index (χ2v) is 5.46. The molecule has 1 saturated heterocycles. The van der Waals surface area contributed by atoms with Crippen molar-refractivity contribution < 1.29 is 4.79 Å². The third-order valence-corrected chi connectivity index (χ3v) is 3.77. The Morgan fingerprint density at radius 3 is 2.45 bits per heavy atom. The average Bonchev–Trinajstić information content (AvgIpc) is 2.55. The van der Waals surface area contributed by atoms with Crippen LogP contribution in [0.1, 0.15) is 10.5 Å². The van der Waals surface area contributed by atoms with E-state index in [2.05, 4.69) is 35.0 Å². The second-order valence-electron chi connectivity index (χ2n) is 5.46. The topological polar surface area (TPSA) is 39.7 Å². The van der Waals surface area contributed by atoms with Gasteiger partial charge >= 0.3 is 0 Å². The molecule has 2 rings (SSSR count). The minimum absolute atomic E-state index is 0.0872. The Hall–Kier alpha value is -2.14. The van der Waals surface area contributed by atoms with Crippen LogP contribution < -0.4 is 4.90 Å². The van der Waals surface area contributed by atoms with Gasteiger partial charge in [-0.15, -0.1) is 13.2 Å². The number of hydrogen-bond acceptors (Lipinski definition) is 4. The molecule has 0 atom stereocenters. The molecular formula is C17H24N4O. The molecule has 0 bridgehead atoms. The molecule has 1 aromatic rings. The molecule has 0 spiro atoms. The molecule has 5 heteroatoms. The maximum absolute atomic E-state index is 12.6. The summed E-state index contributed by atoms with van der Waals surface area (Å²) < 4.78 is 0. The summed E-state index contributed by atoms with van der Waals surface area (Å²) in [6, 6.07) is 5.63. The quantitative estimate of drug-likeness (QED) is 0.749. The van der Waals surface area contributed by atoms with Crippen molar-refractivity contribution in [3.8, 4) is 0 Å². The maximum Gasteiger partial charge on any atom is 0.273 e. The highest BCUT2D eigenvalue weighted by molar-refractivity contribution is 5.92. The van der Waals surface area contributed by atoms with Crippen molar-refractivity contribution in [1.29, 1.82) is 0 Å². The Morgan fingerprint density at radius 2 is 1.86 bits per heavy atom. The van der Waals surface area contributed by atoms with Crippen molar-refractivity contribution in [2.24, 2.45) is 0 Å². The molecule has 0 aromatic carbocycles. The average molecular weight is 300 g/mol. The lowest BCUT2D eigenvalue weighted by molar-refractivity contribution is 0.0785. The number of anilines is 1. The number of rotatable bonds is 6. The highest BCUT2D eigenvalue weighted by Gasteiger charge is 2.19. The second kappa shape index (κ2) is 7.75. The molecule has 0 N–H and O–H groups in total. The van der Waals surface area contributed by atoms with Crippen LogP contribution in [0.2, 0.25) is 0 Å².